The smallest absolute Gasteiger partial charge is 0.0501 e. The zero-order valence-corrected chi connectivity index (χ0v) is 11.2. The number of hydrogen-bond acceptors (Lipinski definition) is 2. The molecule has 1 saturated heterocycles. The average Bonchev–Trinajstić information content (AvgIpc) is 2.32. The van der Waals surface area contributed by atoms with Crippen molar-refractivity contribution in [2.75, 3.05) is 13.1 Å². The zero-order valence-electron chi connectivity index (χ0n) is 11.2. The highest BCUT2D eigenvalue weighted by Crippen LogP contribution is 2.32. The lowest BCUT2D eigenvalue weighted by Gasteiger charge is -2.40. The van der Waals surface area contributed by atoms with Crippen LogP contribution < -0.4 is 5.73 Å². The minimum Gasteiger partial charge on any atom is -0.326 e. The Balaban J connectivity index is 2.37. The van der Waals surface area contributed by atoms with Crippen molar-refractivity contribution >= 4 is 0 Å². The number of piperidine rings is 1. The van der Waals surface area contributed by atoms with Gasteiger partial charge in [0.2, 0.25) is 0 Å². The average molecular weight is 232 g/mol. The van der Waals surface area contributed by atoms with Gasteiger partial charge in [-0.3, -0.25) is 4.90 Å². The van der Waals surface area contributed by atoms with Crippen molar-refractivity contribution in [1.82, 2.24) is 4.90 Å². The number of likely N-dealkylation sites (N-methyl/N-ethyl adjacent to an activating group) is 1. The number of benzene rings is 1. The van der Waals surface area contributed by atoms with Gasteiger partial charge in [0.25, 0.3) is 0 Å². The van der Waals surface area contributed by atoms with Gasteiger partial charge in [-0.05, 0) is 50.9 Å². The van der Waals surface area contributed by atoms with Crippen LogP contribution in [0.15, 0.2) is 18.2 Å². The van der Waals surface area contributed by atoms with Crippen LogP contribution in [0.3, 0.4) is 0 Å². The first-order valence-corrected chi connectivity index (χ1v) is 6.70. The Morgan fingerprint density at radius 1 is 1.35 bits per heavy atom. The molecule has 1 aliphatic heterocycles. The molecular weight excluding hydrogens is 208 g/mol. The minimum absolute atomic E-state index is 0.282. The van der Waals surface area contributed by atoms with Gasteiger partial charge < -0.3 is 5.73 Å². The van der Waals surface area contributed by atoms with Crippen LogP contribution in [0, 0.1) is 13.8 Å². The second-order valence-electron chi connectivity index (χ2n) is 5.24. The third-order valence-corrected chi connectivity index (χ3v) is 3.94. The number of likely N-dealkylation sites (tertiary alicyclic amines) is 1. The first-order valence-electron chi connectivity index (χ1n) is 6.70. The van der Waals surface area contributed by atoms with Gasteiger partial charge in [0.05, 0.1) is 6.04 Å². The number of rotatable bonds is 2. The number of nitrogens with two attached hydrogens (primary N) is 1. The lowest BCUT2D eigenvalue weighted by molar-refractivity contribution is 0.135. The third kappa shape index (κ3) is 2.53. The summed E-state index contributed by atoms with van der Waals surface area (Å²) in [6.07, 6.45) is 2.38. The Kier molecular flexibility index (Phi) is 3.85. The minimum atomic E-state index is 0.282. The summed E-state index contributed by atoms with van der Waals surface area (Å²) >= 11 is 0. The molecule has 2 rings (SSSR count). The highest BCUT2D eigenvalue weighted by Gasteiger charge is 2.30. The second-order valence-corrected chi connectivity index (χ2v) is 5.24. The van der Waals surface area contributed by atoms with Crippen molar-refractivity contribution in [2.45, 2.75) is 45.7 Å². The quantitative estimate of drug-likeness (QED) is 0.849. The standard InChI is InChI=1S/C15H24N2/c1-4-17-9-5-6-14(16)15(17)13-10-11(2)7-8-12(13)3/h7-8,10,14-15H,4-6,9,16H2,1-3H3. The molecule has 2 heteroatoms. The van der Waals surface area contributed by atoms with Gasteiger partial charge >= 0.3 is 0 Å². The zero-order chi connectivity index (χ0) is 12.4. The van der Waals surface area contributed by atoms with E-state index in [9.17, 15) is 0 Å². The Morgan fingerprint density at radius 2 is 2.12 bits per heavy atom. The van der Waals surface area contributed by atoms with Gasteiger partial charge in [0.15, 0.2) is 0 Å². The van der Waals surface area contributed by atoms with E-state index in [1.807, 2.05) is 0 Å². The molecule has 1 aromatic carbocycles. The van der Waals surface area contributed by atoms with Crippen LogP contribution in [0.4, 0.5) is 0 Å². The molecule has 2 unspecified atom stereocenters. The van der Waals surface area contributed by atoms with Crippen LogP contribution >= 0.6 is 0 Å². The molecule has 0 amide bonds. The van der Waals surface area contributed by atoms with Crippen molar-refractivity contribution in [3.63, 3.8) is 0 Å². The topological polar surface area (TPSA) is 29.3 Å². The molecule has 1 aliphatic rings. The summed E-state index contributed by atoms with van der Waals surface area (Å²) in [6.45, 7) is 8.86. The summed E-state index contributed by atoms with van der Waals surface area (Å²) in [4.78, 5) is 2.52. The van der Waals surface area contributed by atoms with Crippen LogP contribution in [0.2, 0.25) is 0 Å². The van der Waals surface area contributed by atoms with Gasteiger partial charge in [0, 0.05) is 6.04 Å². The van der Waals surface area contributed by atoms with E-state index in [0.29, 0.717) is 6.04 Å². The van der Waals surface area contributed by atoms with Crippen LogP contribution in [0.25, 0.3) is 0 Å². The molecule has 1 aromatic rings. The summed E-state index contributed by atoms with van der Waals surface area (Å²) in [5, 5.41) is 0. The Bertz CT molecular complexity index is 387. The second kappa shape index (κ2) is 5.19. The normalized spacial score (nSPS) is 26.1. The first kappa shape index (κ1) is 12.6. The molecule has 0 aliphatic carbocycles. The summed E-state index contributed by atoms with van der Waals surface area (Å²) in [5.41, 5.74) is 10.5. The fourth-order valence-electron chi connectivity index (χ4n) is 2.96. The SMILES string of the molecule is CCN1CCCC(N)C1c1cc(C)ccc1C. The molecule has 0 radical (unpaired) electrons. The summed E-state index contributed by atoms with van der Waals surface area (Å²) < 4.78 is 0. The van der Waals surface area contributed by atoms with Crippen LogP contribution in [-0.4, -0.2) is 24.0 Å². The molecule has 0 aromatic heterocycles. The summed E-state index contributed by atoms with van der Waals surface area (Å²) in [7, 11) is 0. The van der Waals surface area contributed by atoms with E-state index in [2.05, 4.69) is 43.9 Å². The molecule has 17 heavy (non-hydrogen) atoms. The number of aryl methyl sites for hydroxylation is 2. The molecule has 1 heterocycles. The van der Waals surface area contributed by atoms with Gasteiger partial charge in [-0.2, -0.15) is 0 Å². The van der Waals surface area contributed by atoms with Crippen molar-refractivity contribution in [3.8, 4) is 0 Å². The van der Waals surface area contributed by atoms with E-state index < -0.39 is 0 Å². The van der Waals surface area contributed by atoms with Crippen LogP contribution in [0.5, 0.6) is 0 Å². The van der Waals surface area contributed by atoms with Crippen molar-refractivity contribution in [2.24, 2.45) is 5.73 Å². The summed E-state index contributed by atoms with van der Waals surface area (Å²) in [5.74, 6) is 0. The Morgan fingerprint density at radius 3 is 2.82 bits per heavy atom. The molecule has 2 N–H and O–H groups in total. The third-order valence-electron chi connectivity index (χ3n) is 3.94. The highest BCUT2D eigenvalue weighted by molar-refractivity contribution is 5.34. The Labute approximate surface area is 105 Å². The maximum Gasteiger partial charge on any atom is 0.0501 e. The maximum absolute atomic E-state index is 6.35. The molecule has 0 bridgehead atoms. The lowest BCUT2D eigenvalue weighted by atomic mass is 9.88. The largest absolute Gasteiger partial charge is 0.326 e. The van der Waals surface area contributed by atoms with Crippen LogP contribution in [0.1, 0.15) is 42.5 Å². The monoisotopic (exact) mass is 232 g/mol. The van der Waals surface area contributed by atoms with E-state index in [-0.39, 0.29) is 6.04 Å². The van der Waals surface area contributed by atoms with E-state index in [0.717, 1.165) is 13.0 Å². The van der Waals surface area contributed by atoms with Gasteiger partial charge in [-0.1, -0.05) is 30.7 Å². The molecule has 2 nitrogen and oxygen atoms in total. The van der Waals surface area contributed by atoms with E-state index >= 15 is 0 Å². The first-order chi connectivity index (χ1) is 8.13. The van der Waals surface area contributed by atoms with Crippen molar-refractivity contribution in [3.05, 3.63) is 34.9 Å². The van der Waals surface area contributed by atoms with E-state index in [1.165, 1.54) is 29.7 Å². The fraction of sp³-hybridized carbons (Fsp3) is 0.600. The summed E-state index contributed by atoms with van der Waals surface area (Å²) in [6, 6.07) is 7.41. The molecule has 1 fully saturated rings. The van der Waals surface area contributed by atoms with Crippen LogP contribution in [-0.2, 0) is 0 Å². The van der Waals surface area contributed by atoms with E-state index in [1.54, 1.807) is 0 Å². The molecule has 0 spiro atoms. The van der Waals surface area contributed by atoms with Crippen molar-refractivity contribution < 1.29 is 0 Å². The maximum atomic E-state index is 6.35. The predicted octanol–water partition coefficient (Wildman–Crippen LogP) is 2.79. The highest BCUT2D eigenvalue weighted by atomic mass is 15.2. The number of nitrogens with zero attached hydrogens (tertiary/aromatic N) is 1. The Hall–Kier alpha value is -0.860. The fourth-order valence-corrected chi connectivity index (χ4v) is 2.96. The lowest BCUT2D eigenvalue weighted by Crippen LogP contribution is -2.46. The van der Waals surface area contributed by atoms with Gasteiger partial charge in [-0.15, -0.1) is 0 Å². The van der Waals surface area contributed by atoms with Gasteiger partial charge in [-0.25, -0.2) is 0 Å². The number of hydrogen-bond donors (Lipinski definition) is 1. The molecule has 94 valence electrons. The van der Waals surface area contributed by atoms with E-state index in [4.69, 9.17) is 5.73 Å². The van der Waals surface area contributed by atoms with Gasteiger partial charge in [0.1, 0.15) is 0 Å². The molecule has 2 atom stereocenters. The predicted molar refractivity (Wildman–Crippen MR) is 73.1 cm³/mol. The van der Waals surface area contributed by atoms with Crippen molar-refractivity contribution in [1.29, 1.82) is 0 Å². The molecule has 0 saturated carbocycles. The molecular formula is C15H24N2.